The molecule has 3 rings (SSSR count). The average molecular weight is 350 g/mol. The predicted molar refractivity (Wildman–Crippen MR) is 84.7 cm³/mol. The number of hydrogen-bond donors (Lipinski definition) is 2. The summed E-state index contributed by atoms with van der Waals surface area (Å²) < 4.78 is 8.30. The van der Waals surface area contributed by atoms with Crippen molar-refractivity contribution in [1.82, 2.24) is 9.88 Å². The third-order valence-corrected chi connectivity index (χ3v) is 3.81. The van der Waals surface area contributed by atoms with Crippen molar-refractivity contribution in [3.05, 3.63) is 46.2 Å². The lowest BCUT2D eigenvalue weighted by molar-refractivity contribution is 0.101. The number of aryl methyl sites for hydroxylation is 1. The molecule has 2 N–H and O–H groups in total. The Morgan fingerprint density at radius 1 is 1.43 bits per heavy atom. The Morgan fingerprint density at radius 2 is 2.29 bits per heavy atom. The number of ether oxygens (including phenoxy) is 1. The zero-order valence-electron chi connectivity index (χ0n) is 11.6. The third-order valence-electron chi connectivity index (χ3n) is 3.37. The molecule has 0 bridgehead atoms. The number of carbonyl (C=O) groups excluding carboxylic acids is 1. The minimum atomic E-state index is -0.134. The fourth-order valence-electron chi connectivity index (χ4n) is 2.34. The van der Waals surface area contributed by atoms with Crippen LogP contribution in [0, 0.1) is 0 Å². The van der Waals surface area contributed by atoms with Crippen LogP contribution in [0.15, 0.2) is 34.9 Å². The summed E-state index contributed by atoms with van der Waals surface area (Å²) in [4.78, 5) is 12.3. The Balaban J connectivity index is 1.80. The number of benzene rings is 1. The van der Waals surface area contributed by atoms with Gasteiger partial charge in [0.25, 0.3) is 5.91 Å². The molecule has 1 aromatic heterocycles. The number of rotatable bonds is 2. The molecule has 110 valence electrons. The van der Waals surface area contributed by atoms with Gasteiger partial charge in [-0.1, -0.05) is 0 Å². The van der Waals surface area contributed by atoms with Crippen LogP contribution in [0.25, 0.3) is 0 Å². The molecular formula is C15H16BrN3O2. The Hall–Kier alpha value is -1.79. The molecule has 21 heavy (non-hydrogen) atoms. The molecule has 0 fully saturated rings. The van der Waals surface area contributed by atoms with Gasteiger partial charge >= 0.3 is 0 Å². The van der Waals surface area contributed by atoms with Gasteiger partial charge in [0, 0.05) is 42.1 Å². The second-order valence-corrected chi connectivity index (χ2v) is 5.87. The molecule has 6 heteroatoms. The Bertz CT molecular complexity index is 682. The number of carbonyl (C=O) groups is 1. The molecule has 5 nitrogen and oxygen atoms in total. The first-order chi connectivity index (χ1) is 10.1. The van der Waals surface area contributed by atoms with Crippen LogP contribution >= 0.6 is 15.9 Å². The van der Waals surface area contributed by atoms with E-state index in [1.165, 1.54) is 0 Å². The number of nitrogens with one attached hydrogen (secondary N) is 2. The first kappa shape index (κ1) is 14.2. The van der Waals surface area contributed by atoms with Crippen molar-refractivity contribution in [2.24, 2.45) is 7.05 Å². The van der Waals surface area contributed by atoms with Crippen molar-refractivity contribution in [1.29, 1.82) is 0 Å². The summed E-state index contributed by atoms with van der Waals surface area (Å²) >= 11 is 3.37. The van der Waals surface area contributed by atoms with E-state index in [0.717, 1.165) is 34.6 Å². The van der Waals surface area contributed by atoms with Crippen LogP contribution in [0.4, 0.5) is 5.69 Å². The summed E-state index contributed by atoms with van der Waals surface area (Å²) in [6.07, 6.45) is 1.85. The molecule has 2 heterocycles. The quantitative estimate of drug-likeness (QED) is 0.875. The van der Waals surface area contributed by atoms with Gasteiger partial charge in [-0.05, 0) is 40.2 Å². The molecule has 1 aliphatic heterocycles. The average Bonchev–Trinajstić information content (AvgIpc) is 2.66. The maximum atomic E-state index is 12.3. The Morgan fingerprint density at radius 3 is 3.05 bits per heavy atom. The highest BCUT2D eigenvalue weighted by molar-refractivity contribution is 9.10. The van der Waals surface area contributed by atoms with Crippen LogP contribution in [0.5, 0.6) is 5.75 Å². The topological polar surface area (TPSA) is 55.3 Å². The molecule has 0 radical (unpaired) electrons. The van der Waals surface area contributed by atoms with Gasteiger partial charge in [0.15, 0.2) is 0 Å². The molecule has 0 atom stereocenters. The minimum absolute atomic E-state index is 0.134. The number of nitrogens with zero attached hydrogens (tertiary/aromatic N) is 1. The first-order valence-corrected chi connectivity index (χ1v) is 7.52. The van der Waals surface area contributed by atoms with Crippen molar-refractivity contribution in [3.63, 3.8) is 0 Å². The number of fused-ring (bicyclic) bond motifs is 1. The van der Waals surface area contributed by atoms with E-state index < -0.39 is 0 Å². The molecule has 0 saturated carbocycles. The van der Waals surface area contributed by atoms with E-state index >= 15 is 0 Å². The summed E-state index contributed by atoms with van der Waals surface area (Å²) in [5, 5.41) is 6.20. The predicted octanol–water partition coefficient (Wildman–Crippen LogP) is 2.52. The lowest BCUT2D eigenvalue weighted by Gasteiger charge is -2.10. The van der Waals surface area contributed by atoms with Gasteiger partial charge in [0.05, 0.1) is 0 Å². The molecule has 0 saturated heterocycles. The zero-order chi connectivity index (χ0) is 14.8. The number of amides is 1. The summed E-state index contributed by atoms with van der Waals surface area (Å²) in [5.41, 5.74) is 2.42. The van der Waals surface area contributed by atoms with Gasteiger partial charge in [0.1, 0.15) is 18.1 Å². The van der Waals surface area contributed by atoms with Gasteiger partial charge in [-0.25, -0.2) is 0 Å². The standard InChI is InChI=1S/C15H16BrN3O2/c1-19-9-11(16)7-13(19)15(20)18-12-2-3-14-10(6-12)8-17-4-5-21-14/h2-3,6-7,9,17H,4-5,8H2,1H3,(H,18,20). The largest absolute Gasteiger partial charge is 0.492 e. The summed E-state index contributed by atoms with van der Waals surface area (Å²) in [7, 11) is 1.84. The first-order valence-electron chi connectivity index (χ1n) is 6.73. The molecule has 0 aliphatic carbocycles. The lowest BCUT2D eigenvalue weighted by Crippen LogP contribution is -2.16. The van der Waals surface area contributed by atoms with E-state index in [1.54, 1.807) is 10.6 Å². The zero-order valence-corrected chi connectivity index (χ0v) is 13.2. The molecule has 0 unspecified atom stereocenters. The number of anilines is 1. The summed E-state index contributed by atoms with van der Waals surface area (Å²) in [6.45, 7) is 2.23. The van der Waals surface area contributed by atoms with Crippen molar-refractivity contribution < 1.29 is 9.53 Å². The van der Waals surface area contributed by atoms with Gasteiger partial charge in [0.2, 0.25) is 0 Å². The highest BCUT2D eigenvalue weighted by Gasteiger charge is 2.13. The van der Waals surface area contributed by atoms with Crippen LogP contribution in [-0.2, 0) is 13.6 Å². The third kappa shape index (κ3) is 3.11. The van der Waals surface area contributed by atoms with Crippen LogP contribution < -0.4 is 15.4 Å². The van der Waals surface area contributed by atoms with Gasteiger partial charge < -0.3 is 19.9 Å². The van der Waals surface area contributed by atoms with Gasteiger partial charge in [-0.3, -0.25) is 4.79 Å². The maximum absolute atomic E-state index is 12.3. The molecule has 1 amide bonds. The van der Waals surface area contributed by atoms with Gasteiger partial charge in [-0.15, -0.1) is 0 Å². The van der Waals surface area contributed by atoms with E-state index in [1.807, 2.05) is 31.4 Å². The summed E-state index contributed by atoms with van der Waals surface area (Å²) in [5.74, 6) is 0.741. The fourth-order valence-corrected chi connectivity index (χ4v) is 2.86. The van der Waals surface area contributed by atoms with Crippen molar-refractivity contribution >= 4 is 27.5 Å². The van der Waals surface area contributed by atoms with Gasteiger partial charge in [-0.2, -0.15) is 0 Å². The number of hydrogen-bond acceptors (Lipinski definition) is 3. The number of halogens is 1. The Labute approximate surface area is 131 Å². The molecule has 0 spiro atoms. The van der Waals surface area contributed by atoms with Crippen molar-refractivity contribution in [2.45, 2.75) is 6.54 Å². The van der Waals surface area contributed by atoms with E-state index in [2.05, 4.69) is 26.6 Å². The van der Waals surface area contributed by atoms with E-state index in [4.69, 9.17) is 4.74 Å². The molecule has 2 aromatic rings. The smallest absolute Gasteiger partial charge is 0.272 e. The number of aromatic nitrogens is 1. The van der Waals surface area contributed by atoms with Crippen LogP contribution in [0.1, 0.15) is 16.1 Å². The second-order valence-electron chi connectivity index (χ2n) is 4.96. The molecule has 1 aromatic carbocycles. The van der Waals surface area contributed by atoms with Crippen molar-refractivity contribution in [3.8, 4) is 5.75 Å². The maximum Gasteiger partial charge on any atom is 0.272 e. The van der Waals surface area contributed by atoms with E-state index in [9.17, 15) is 4.79 Å². The Kier molecular flexibility index (Phi) is 3.98. The van der Waals surface area contributed by atoms with Crippen LogP contribution in [-0.4, -0.2) is 23.6 Å². The molecule has 1 aliphatic rings. The van der Waals surface area contributed by atoms with E-state index in [-0.39, 0.29) is 5.91 Å². The second kappa shape index (κ2) is 5.91. The fraction of sp³-hybridized carbons (Fsp3) is 0.267. The highest BCUT2D eigenvalue weighted by atomic mass is 79.9. The lowest BCUT2D eigenvalue weighted by atomic mass is 10.1. The SMILES string of the molecule is Cn1cc(Br)cc1C(=O)Nc1ccc2c(c1)CNCCO2. The normalized spacial score (nSPS) is 14.0. The van der Waals surface area contributed by atoms with E-state index in [0.29, 0.717) is 12.3 Å². The van der Waals surface area contributed by atoms with Crippen molar-refractivity contribution in [2.75, 3.05) is 18.5 Å². The molecular weight excluding hydrogens is 334 g/mol. The van der Waals surface area contributed by atoms with Crippen LogP contribution in [0.3, 0.4) is 0 Å². The monoisotopic (exact) mass is 349 g/mol. The minimum Gasteiger partial charge on any atom is -0.492 e. The summed E-state index contributed by atoms with van der Waals surface area (Å²) in [6, 6.07) is 7.51. The highest BCUT2D eigenvalue weighted by Crippen LogP contribution is 2.24. The van der Waals surface area contributed by atoms with Crippen LogP contribution in [0.2, 0.25) is 0 Å².